The van der Waals surface area contributed by atoms with Gasteiger partial charge in [0.25, 0.3) is 0 Å². The lowest BCUT2D eigenvalue weighted by molar-refractivity contribution is -0.146. The first kappa shape index (κ1) is 13.8. The molecule has 3 heteroatoms. The predicted molar refractivity (Wildman–Crippen MR) is 86.6 cm³/mol. The molecule has 0 heterocycles. The van der Waals surface area contributed by atoms with Gasteiger partial charge in [0.15, 0.2) is 0 Å². The summed E-state index contributed by atoms with van der Waals surface area (Å²) in [6.45, 7) is 0.661. The SMILES string of the molecule is O=C(NCc1ccc(Br)cc1)C12CC3CC(CC(C3)C1)C2. The van der Waals surface area contributed by atoms with Crippen molar-refractivity contribution in [3.05, 3.63) is 34.3 Å². The van der Waals surface area contributed by atoms with E-state index in [-0.39, 0.29) is 5.41 Å². The van der Waals surface area contributed by atoms with Gasteiger partial charge in [0.1, 0.15) is 0 Å². The quantitative estimate of drug-likeness (QED) is 0.868. The molecule has 4 saturated carbocycles. The van der Waals surface area contributed by atoms with Crippen molar-refractivity contribution in [2.24, 2.45) is 23.2 Å². The summed E-state index contributed by atoms with van der Waals surface area (Å²) in [5, 5.41) is 3.22. The zero-order valence-electron chi connectivity index (χ0n) is 12.3. The van der Waals surface area contributed by atoms with E-state index in [9.17, 15) is 4.79 Å². The molecule has 0 spiro atoms. The van der Waals surface area contributed by atoms with Crippen molar-refractivity contribution in [2.45, 2.75) is 45.1 Å². The van der Waals surface area contributed by atoms with Crippen molar-refractivity contribution in [2.75, 3.05) is 0 Å². The fourth-order valence-electron chi connectivity index (χ4n) is 5.36. The molecule has 0 radical (unpaired) electrons. The Morgan fingerprint density at radius 1 is 1.05 bits per heavy atom. The van der Waals surface area contributed by atoms with Crippen LogP contribution in [0.15, 0.2) is 28.7 Å². The zero-order chi connectivity index (χ0) is 14.4. The van der Waals surface area contributed by atoms with Crippen LogP contribution in [0.3, 0.4) is 0 Å². The van der Waals surface area contributed by atoms with Crippen LogP contribution in [-0.4, -0.2) is 5.91 Å². The van der Waals surface area contributed by atoms with E-state index in [1.54, 1.807) is 0 Å². The standard InChI is InChI=1S/C18H22BrNO/c19-16-3-1-12(2-4-16)11-20-17(21)18-8-13-5-14(9-18)7-15(6-13)10-18/h1-4,13-15H,5-11H2,(H,20,21). The van der Waals surface area contributed by atoms with E-state index in [1.165, 1.54) is 24.8 Å². The van der Waals surface area contributed by atoms with Crippen LogP contribution in [0.25, 0.3) is 0 Å². The van der Waals surface area contributed by atoms with E-state index in [2.05, 4.69) is 33.4 Å². The lowest BCUT2D eigenvalue weighted by Gasteiger charge is -2.55. The van der Waals surface area contributed by atoms with Crippen LogP contribution in [0.2, 0.25) is 0 Å². The van der Waals surface area contributed by atoms with Gasteiger partial charge in [-0.1, -0.05) is 28.1 Å². The highest BCUT2D eigenvalue weighted by Crippen LogP contribution is 2.60. The largest absolute Gasteiger partial charge is 0.352 e. The molecule has 21 heavy (non-hydrogen) atoms. The molecule has 0 unspecified atom stereocenters. The van der Waals surface area contributed by atoms with Gasteiger partial charge in [0, 0.05) is 16.4 Å². The second-order valence-electron chi connectivity index (χ2n) is 7.51. The van der Waals surface area contributed by atoms with Crippen molar-refractivity contribution in [1.29, 1.82) is 0 Å². The van der Waals surface area contributed by atoms with Gasteiger partial charge in [-0.05, 0) is 74.0 Å². The molecular formula is C18H22BrNO. The van der Waals surface area contributed by atoms with E-state index in [0.717, 1.165) is 41.5 Å². The maximum Gasteiger partial charge on any atom is 0.226 e. The summed E-state index contributed by atoms with van der Waals surface area (Å²) in [6, 6.07) is 8.21. The molecule has 5 rings (SSSR count). The third kappa shape index (κ3) is 2.54. The second kappa shape index (κ2) is 5.12. The summed E-state index contributed by atoms with van der Waals surface area (Å²) < 4.78 is 1.08. The average molecular weight is 348 g/mol. The van der Waals surface area contributed by atoms with E-state index in [1.807, 2.05) is 12.1 Å². The number of benzene rings is 1. The molecule has 0 aromatic heterocycles. The van der Waals surface area contributed by atoms with Crippen molar-refractivity contribution < 1.29 is 4.79 Å². The Balaban J connectivity index is 1.44. The van der Waals surface area contributed by atoms with Gasteiger partial charge in [0.05, 0.1) is 0 Å². The fraction of sp³-hybridized carbons (Fsp3) is 0.611. The van der Waals surface area contributed by atoms with E-state index in [4.69, 9.17) is 0 Å². The molecule has 4 fully saturated rings. The van der Waals surface area contributed by atoms with Gasteiger partial charge in [-0.2, -0.15) is 0 Å². The zero-order valence-corrected chi connectivity index (χ0v) is 13.9. The highest BCUT2D eigenvalue weighted by Gasteiger charge is 2.54. The first-order valence-electron chi connectivity index (χ1n) is 8.16. The lowest BCUT2D eigenvalue weighted by atomic mass is 9.49. The summed E-state index contributed by atoms with van der Waals surface area (Å²) in [6.07, 6.45) is 7.60. The molecule has 1 aromatic carbocycles. The Morgan fingerprint density at radius 3 is 2.10 bits per heavy atom. The van der Waals surface area contributed by atoms with Gasteiger partial charge in [-0.15, -0.1) is 0 Å². The molecule has 1 aromatic rings. The minimum atomic E-state index is -0.0237. The Hall–Kier alpha value is -0.830. The summed E-state index contributed by atoms with van der Waals surface area (Å²) in [4.78, 5) is 12.8. The van der Waals surface area contributed by atoms with Crippen LogP contribution in [0.1, 0.15) is 44.1 Å². The molecule has 4 aliphatic rings. The summed E-state index contributed by atoms with van der Waals surface area (Å²) in [5.74, 6) is 2.81. The molecule has 0 saturated heterocycles. The minimum Gasteiger partial charge on any atom is -0.352 e. The molecule has 4 aliphatic carbocycles. The van der Waals surface area contributed by atoms with E-state index >= 15 is 0 Å². The van der Waals surface area contributed by atoms with Crippen LogP contribution < -0.4 is 5.32 Å². The monoisotopic (exact) mass is 347 g/mol. The molecule has 0 aliphatic heterocycles. The van der Waals surface area contributed by atoms with E-state index < -0.39 is 0 Å². The summed E-state index contributed by atoms with van der Waals surface area (Å²) >= 11 is 3.45. The smallest absolute Gasteiger partial charge is 0.226 e. The van der Waals surface area contributed by atoms with Crippen LogP contribution in [-0.2, 0) is 11.3 Å². The minimum absolute atomic E-state index is 0.0237. The number of nitrogens with one attached hydrogen (secondary N) is 1. The Bertz CT molecular complexity index is 516. The number of rotatable bonds is 3. The summed E-state index contributed by atoms with van der Waals surface area (Å²) in [5.41, 5.74) is 1.15. The second-order valence-corrected chi connectivity index (χ2v) is 8.42. The third-order valence-electron chi connectivity index (χ3n) is 5.89. The maximum absolute atomic E-state index is 12.8. The van der Waals surface area contributed by atoms with E-state index in [0.29, 0.717) is 12.5 Å². The Kier molecular flexibility index (Phi) is 3.36. The Labute approximate surface area is 134 Å². The normalized spacial score (nSPS) is 36.7. The third-order valence-corrected chi connectivity index (χ3v) is 6.41. The molecule has 1 amide bonds. The predicted octanol–water partition coefficient (Wildman–Crippen LogP) is 4.28. The molecular weight excluding hydrogens is 326 g/mol. The van der Waals surface area contributed by atoms with Gasteiger partial charge < -0.3 is 5.32 Å². The van der Waals surface area contributed by atoms with Gasteiger partial charge >= 0.3 is 0 Å². The van der Waals surface area contributed by atoms with Crippen molar-refractivity contribution >= 4 is 21.8 Å². The van der Waals surface area contributed by atoms with Crippen LogP contribution in [0.4, 0.5) is 0 Å². The van der Waals surface area contributed by atoms with Crippen LogP contribution >= 0.6 is 15.9 Å². The number of carbonyl (C=O) groups is 1. The highest BCUT2D eigenvalue weighted by atomic mass is 79.9. The topological polar surface area (TPSA) is 29.1 Å². The Morgan fingerprint density at radius 2 is 1.57 bits per heavy atom. The van der Waals surface area contributed by atoms with Gasteiger partial charge in [-0.25, -0.2) is 0 Å². The lowest BCUT2D eigenvalue weighted by Crippen LogP contribution is -2.53. The molecule has 4 bridgehead atoms. The van der Waals surface area contributed by atoms with Crippen LogP contribution in [0.5, 0.6) is 0 Å². The first-order valence-corrected chi connectivity index (χ1v) is 8.95. The molecule has 2 nitrogen and oxygen atoms in total. The average Bonchev–Trinajstić information content (AvgIpc) is 2.45. The van der Waals surface area contributed by atoms with Crippen molar-refractivity contribution in [3.8, 4) is 0 Å². The van der Waals surface area contributed by atoms with Crippen molar-refractivity contribution in [1.82, 2.24) is 5.32 Å². The number of hydrogen-bond acceptors (Lipinski definition) is 1. The van der Waals surface area contributed by atoms with Crippen molar-refractivity contribution in [3.63, 3.8) is 0 Å². The van der Waals surface area contributed by atoms with Gasteiger partial charge in [0.2, 0.25) is 5.91 Å². The van der Waals surface area contributed by atoms with Gasteiger partial charge in [-0.3, -0.25) is 4.79 Å². The number of halogens is 1. The highest BCUT2D eigenvalue weighted by molar-refractivity contribution is 9.10. The first-order chi connectivity index (χ1) is 10.1. The number of hydrogen-bond donors (Lipinski definition) is 1. The molecule has 0 atom stereocenters. The summed E-state index contributed by atoms with van der Waals surface area (Å²) in [7, 11) is 0. The number of carbonyl (C=O) groups excluding carboxylic acids is 1. The number of amides is 1. The van der Waals surface area contributed by atoms with Crippen LogP contribution in [0, 0.1) is 23.2 Å². The maximum atomic E-state index is 12.8. The molecule has 112 valence electrons. The molecule has 1 N–H and O–H groups in total. The fourth-order valence-corrected chi connectivity index (χ4v) is 5.63.